The van der Waals surface area contributed by atoms with Crippen molar-refractivity contribution < 1.29 is 31.5 Å². The van der Waals surface area contributed by atoms with Gasteiger partial charge in [0.15, 0.2) is 17.5 Å². The number of carboxylic acid groups (broad SMARTS) is 1. The summed E-state index contributed by atoms with van der Waals surface area (Å²) in [6, 6.07) is 1.03. The van der Waals surface area contributed by atoms with Gasteiger partial charge in [-0.3, -0.25) is 4.79 Å². The third-order valence-electron chi connectivity index (χ3n) is 2.57. The van der Waals surface area contributed by atoms with Crippen molar-refractivity contribution in [3.8, 4) is 0 Å². The summed E-state index contributed by atoms with van der Waals surface area (Å²) in [4.78, 5) is 9.74. The summed E-state index contributed by atoms with van der Waals surface area (Å²) < 4.78 is 64.4. The molecule has 0 saturated heterocycles. The lowest BCUT2D eigenvalue weighted by Crippen LogP contribution is -2.39. The summed E-state index contributed by atoms with van der Waals surface area (Å²) in [5.74, 6) is -6.56. The summed E-state index contributed by atoms with van der Waals surface area (Å²) in [6.07, 6.45) is 0. The van der Waals surface area contributed by atoms with Gasteiger partial charge in [-0.15, -0.1) is 0 Å². The largest absolute Gasteiger partial charge is 0.481 e. The van der Waals surface area contributed by atoms with E-state index in [2.05, 4.69) is 0 Å². The van der Waals surface area contributed by atoms with E-state index in [4.69, 9.17) is 5.11 Å². The summed E-state index contributed by atoms with van der Waals surface area (Å²) in [5, 5.41) is 8.83. The Hall–Kier alpha value is -1.61. The van der Waals surface area contributed by atoms with Gasteiger partial charge < -0.3 is 5.11 Å². The molecule has 1 aromatic rings. The molecule has 1 aromatic carbocycles. The standard InChI is InChI=1S/C11H12F3NO4S/c1-11(2,10(16)17)5-15-20(18,19)7-4-3-6(12)8(13)9(7)14/h3-4,15H,5H2,1-2H3,(H,16,17). The van der Waals surface area contributed by atoms with Gasteiger partial charge in [-0.25, -0.2) is 26.3 Å². The minimum Gasteiger partial charge on any atom is -0.481 e. The minimum absolute atomic E-state index is 0.468. The first kappa shape index (κ1) is 16.4. The fourth-order valence-electron chi connectivity index (χ4n) is 1.14. The number of nitrogens with one attached hydrogen (secondary N) is 1. The second-order valence-electron chi connectivity index (χ2n) is 4.69. The van der Waals surface area contributed by atoms with E-state index in [1.165, 1.54) is 13.8 Å². The molecule has 0 saturated carbocycles. The van der Waals surface area contributed by atoms with E-state index in [1.54, 1.807) is 0 Å². The second kappa shape index (κ2) is 5.41. The fraction of sp³-hybridized carbons (Fsp3) is 0.364. The summed E-state index contributed by atoms with van der Waals surface area (Å²) >= 11 is 0. The Morgan fingerprint density at radius 2 is 1.80 bits per heavy atom. The van der Waals surface area contributed by atoms with E-state index in [1.807, 2.05) is 4.72 Å². The van der Waals surface area contributed by atoms with E-state index in [0.29, 0.717) is 12.1 Å². The maximum atomic E-state index is 13.4. The van der Waals surface area contributed by atoms with Crippen LogP contribution in [-0.4, -0.2) is 26.0 Å². The SMILES string of the molecule is CC(C)(CNS(=O)(=O)c1ccc(F)c(F)c1F)C(=O)O. The fourth-order valence-corrected chi connectivity index (χ4v) is 2.42. The van der Waals surface area contributed by atoms with Gasteiger partial charge in [0.05, 0.1) is 5.41 Å². The normalized spacial score (nSPS) is 12.4. The molecule has 0 spiro atoms. The van der Waals surface area contributed by atoms with Gasteiger partial charge in [-0.2, -0.15) is 0 Å². The van der Waals surface area contributed by atoms with Gasteiger partial charge in [0, 0.05) is 6.54 Å². The van der Waals surface area contributed by atoms with Crippen molar-refractivity contribution in [1.82, 2.24) is 4.72 Å². The number of carboxylic acids is 1. The average Bonchev–Trinajstić information content (AvgIpc) is 2.33. The zero-order valence-corrected chi connectivity index (χ0v) is 11.4. The number of rotatable bonds is 5. The van der Waals surface area contributed by atoms with Crippen molar-refractivity contribution in [2.75, 3.05) is 6.54 Å². The summed E-state index contributed by atoms with van der Waals surface area (Å²) in [6.45, 7) is 1.96. The van der Waals surface area contributed by atoms with Crippen LogP contribution in [0.3, 0.4) is 0 Å². The second-order valence-corrected chi connectivity index (χ2v) is 6.42. The van der Waals surface area contributed by atoms with Crippen molar-refractivity contribution >= 4 is 16.0 Å². The third kappa shape index (κ3) is 3.28. The Morgan fingerprint density at radius 3 is 2.30 bits per heavy atom. The Balaban J connectivity index is 3.08. The van der Waals surface area contributed by atoms with Gasteiger partial charge in [0.2, 0.25) is 10.0 Å². The Kier molecular flexibility index (Phi) is 4.45. The average molecular weight is 311 g/mol. The quantitative estimate of drug-likeness (QED) is 0.807. The van der Waals surface area contributed by atoms with Crippen LogP contribution in [0.2, 0.25) is 0 Å². The Bertz CT molecular complexity index is 643. The molecule has 0 radical (unpaired) electrons. The molecule has 0 bridgehead atoms. The Morgan fingerprint density at radius 1 is 1.25 bits per heavy atom. The molecule has 0 aliphatic rings. The van der Waals surface area contributed by atoms with Crippen molar-refractivity contribution in [3.05, 3.63) is 29.6 Å². The number of hydrogen-bond donors (Lipinski definition) is 2. The number of benzene rings is 1. The molecule has 112 valence electrons. The van der Waals surface area contributed by atoms with Crippen LogP contribution in [0.5, 0.6) is 0 Å². The number of halogens is 3. The van der Waals surface area contributed by atoms with E-state index < -0.39 is 50.3 Å². The van der Waals surface area contributed by atoms with Crippen LogP contribution >= 0.6 is 0 Å². The van der Waals surface area contributed by atoms with Crippen LogP contribution < -0.4 is 4.72 Å². The van der Waals surface area contributed by atoms with Gasteiger partial charge >= 0.3 is 5.97 Å². The van der Waals surface area contributed by atoms with Crippen LogP contribution in [0, 0.1) is 22.9 Å². The predicted octanol–water partition coefficient (Wildman–Crippen LogP) is 1.49. The summed E-state index contributed by atoms with van der Waals surface area (Å²) in [5.41, 5.74) is -1.44. The first-order valence-electron chi connectivity index (χ1n) is 5.35. The van der Waals surface area contributed by atoms with Crippen LogP contribution in [0.4, 0.5) is 13.2 Å². The number of sulfonamides is 1. The molecular formula is C11H12F3NO4S. The van der Waals surface area contributed by atoms with Crippen LogP contribution in [0.25, 0.3) is 0 Å². The van der Waals surface area contributed by atoms with E-state index in [-0.39, 0.29) is 0 Å². The van der Waals surface area contributed by atoms with Crippen molar-refractivity contribution in [2.24, 2.45) is 5.41 Å². The molecular weight excluding hydrogens is 299 g/mol. The zero-order chi connectivity index (χ0) is 15.7. The molecule has 0 aromatic heterocycles. The smallest absolute Gasteiger partial charge is 0.310 e. The molecule has 5 nitrogen and oxygen atoms in total. The van der Waals surface area contributed by atoms with Gasteiger partial charge in [-0.1, -0.05) is 0 Å². The maximum Gasteiger partial charge on any atom is 0.310 e. The zero-order valence-electron chi connectivity index (χ0n) is 10.6. The first-order chi connectivity index (χ1) is 8.99. The highest BCUT2D eigenvalue weighted by Gasteiger charge is 2.31. The molecule has 1 rings (SSSR count). The van der Waals surface area contributed by atoms with Crippen molar-refractivity contribution in [3.63, 3.8) is 0 Å². The highest BCUT2D eigenvalue weighted by Crippen LogP contribution is 2.21. The van der Waals surface area contributed by atoms with Gasteiger partial charge in [0.1, 0.15) is 4.90 Å². The maximum absolute atomic E-state index is 13.4. The van der Waals surface area contributed by atoms with Gasteiger partial charge in [0.25, 0.3) is 0 Å². The molecule has 0 aliphatic carbocycles. The molecule has 0 atom stereocenters. The lowest BCUT2D eigenvalue weighted by molar-refractivity contribution is -0.146. The molecule has 0 aliphatic heterocycles. The lowest BCUT2D eigenvalue weighted by Gasteiger charge is -2.19. The lowest BCUT2D eigenvalue weighted by atomic mass is 9.95. The third-order valence-corrected chi connectivity index (χ3v) is 3.99. The number of hydrogen-bond acceptors (Lipinski definition) is 3. The summed E-state index contributed by atoms with van der Waals surface area (Å²) in [7, 11) is -4.49. The van der Waals surface area contributed by atoms with Crippen LogP contribution in [-0.2, 0) is 14.8 Å². The molecule has 9 heteroatoms. The van der Waals surface area contributed by atoms with Crippen LogP contribution in [0.15, 0.2) is 17.0 Å². The van der Waals surface area contributed by atoms with E-state index >= 15 is 0 Å². The molecule has 0 heterocycles. The first-order valence-corrected chi connectivity index (χ1v) is 6.84. The van der Waals surface area contributed by atoms with E-state index in [9.17, 15) is 26.4 Å². The van der Waals surface area contributed by atoms with E-state index in [0.717, 1.165) is 0 Å². The topological polar surface area (TPSA) is 83.5 Å². The highest BCUT2D eigenvalue weighted by molar-refractivity contribution is 7.89. The monoisotopic (exact) mass is 311 g/mol. The minimum atomic E-state index is -4.49. The van der Waals surface area contributed by atoms with Crippen LogP contribution in [0.1, 0.15) is 13.8 Å². The molecule has 0 unspecified atom stereocenters. The highest BCUT2D eigenvalue weighted by atomic mass is 32.2. The molecule has 0 fully saturated rings. The predicted molar refractivity (Wildman–Crippen MR) is 62.9 cm³/mol. The van der Waals surface area contributed by atoms with Gasteiger partial charge in [-0.05, 0) is 26.0 Å². The molecule has 20 heavy (non-hydrogen) atoms. The number of carbonyl (C=O) groups is 1. The van der Waals surface area contributed by atoms with Crippen molar-refractivity contribution in [2.45, 2.75) is 18.7 Å². The van der Waals surface area contributed by atoms with Crippen molar-refractivity contribution in [1.29, 1.82) is 0 Å². The molecule has 0 amide bonds. The Labute approximate surface area is 113 Å². The number of aliphatic carboxylic acids is 1. The molecule has 2 N–H and O–H groups in total.